The van der Waals surface area contributed by atoms with Crippen LogP contribution in [-0.2, 0) is 7.05 Å². The highest BCUT2D eigenvalue weighted by molar-refractivity contribution is 6.30. The van der Waals surface area contributed by atoms with Crippen LogP contribution in [0, 0.1) is 6.92 Å². The van der Waals surface area contributed by atoms with Crippen LogP contribution in [0.3, 0.4) is 0 Å². The molecular formula is C19H16ClNO. The van der Waals surface area contributed by atoms with Crippen molar-refractivity contribution in [1.82, 2.24) is 4.57 Å². The number of aromatic nitrogens is 1. The van der Waals surface area contributed by atoms with E-state index in [0.717, 1.165) is 16.6 Å². The monoisotopic (exact) mass is 309 g/mol. The Bertz CT molecular complexity index is 872. The Hall–Kier alpha value is -2.32. The van der Waals surface area contributed by atoms with Gasteiger partial charge in [0, 0.05) is 39.8 Å². The zero-order valence-electron chi connectivity index (χ0n) is 12.5. The third kappa shape index (κ3) is 2.58. The predicted molar refractivity (Wildman–Crippen MR) is 92.5 cm³/mol. The van der Waals surface area contributed by atoms with Gasteiger partial charge in [-0.15, -0.1) is 0 Å². The Balaban J connectivity index is 1.97. The van der Waals surface area contributed by atoms with Crippen LogP contribution in [0.5, 0.6) is 0 Å². The maximum atomic E-state index is 12.2. The maximum absolute atomic E-state index is 12.2. The molecule has 0 atom stereocenters. The molecule has 22 heavy (non-hydrogen) atoms. The van der Waals surface area contributed by atoms with Crippen molar-refractivity contribution in [1.29, 1.82) is 0 Å². The summed E-state index contributed by atoms with van der Waals surface area (Å²) < 4.78 is 2.14. The largest absolute Gasteiger partial charge is 0.347 e. The predicted octanol–water partition coefficient (Wildman–Crippen LogP) is 5.04. The second-order valence-electron chi connectivity index (χ2n) is 5.28. The number of carbonyl (C=O) groups is 1. The number of carbonyl (C=O) groups excluding carboxylic acids is 1. The number of fused-ring (bicyclic) bond motifs is 1. The molecule has 2 aromatic carbocycles. The van der Waals surface area contributed by atoms with Crippen LogP contribution >= 0.6 is 11.6 Å². The number of ketones is 1. The van der Waals surface area contributed by atoms with Gasteiger partial charge in [-0.2, -0.15) is 0 Å². The highest BCUT2D eigenvalue weighted by Gasteiger charge is 2.09. The normalized spacial score (nSPS) is 11.4. The topological polar surface area (TPSA) is 22.0 Å². The summed E-state index contributed by atoms with van der Waals surface area (Å²) >= 11 is 5.85. The molecule has 0 bridgehead atoms. The van der Waals surface area contributed by atoms with Crippen LogP contribution < -0.4 is 0 Å². The van der Waals surface area contributed by atoms with Gasteiger partial charge in [-0.25, -0.2) is 0 Å². The Kier molecular flexibility index (Phi) is 3.86. The van der Waals surface area contributed by atoms with E-state index in [1.54, 1.807) is 30.3 Å². The summed E-state index contributed by atoms with van der Waals surface area (Å²) in [6.07, 6.45) is 3.52. The van der Waals surface area contributed by atoms with Crippen molar-refractivity contribution in [2.24, 2.45) is 7.05 Å². The zero-order chi connectivity index (χ0) is 15.7. The zero-order valence-corrected chi connectivity index (χ0v) is 13.3. The molecular weight excluding hydrogens is 294 g/mol. The Morgan fingerprint density at radius 1 is 1.09 bits per heavy atom. The van der Waals surface area contributed by atoms with E-state index in [2.05, 4.69) is 23.6 Å². The average Bonchev–Trinajstić information content (AvgIpc) is 2.78. The molecule has 0 amide bonds. The van der Waals surface area contributed by atoms with Gasteiger partial charge in [0.25, 0.3) is 0 Å². The molecule has 110 valence electrons. The lowest BCUT2D eigenvalue weighted by Crippen LogP contribution is -1.93. The van der Waals surface area contributed by atoms with Crippen molar-refractivity contribution < 1.29 is 4.79 Å². The first-order valence-corrected chi connectivity index (χ1v) is 7.47. The molecule has 0 unspecified atom stereocenters. The third-order valence-corrected chi connectivity index (χ3v) is 4.23. The number of benzene rings is 2. The average molecular weight is 310 g/mol. The first-order chi connectivity index (χ1) is 10.6. The fourth-order valence-corrected chi connectivity index (χ4v) is 2.76. The molecule has 0 fully saturated rings. The van der Waals surface area contributed by atoms with Gasteiger partial charge in [0.1, 0.15) is 0 Å². The van der Waals surface area contributed by atoms with E-state index in [4.69, 9.17) is 11.6 Å². The highest BCUT2D eigenvalue weighted by atomic mass is 35.5. The molecule has 1 aromatic heterocycles. The van der Waals surface area contributed by atoms with Crippen LogP contribution in [0.4, 0.5) is 0 Å². The summed E-state index contributed by atoms with van der Waals surface area (Å²) in [5.74, 6) is -0.0241. The number of allylic oxidation sites excluding steroid dienone is 1. The molecule has 1 heterocycles. The summed E-state index contributed by atoms with van der Waals surface area (Å²) in [5.41, 5.74) is 4.03. The lowest BCUT2D eigenvalue weighted by Gasteiger charge is -1.98. The van der Waals surface area contributed by atoms with Crippen LogP contribution in [0.1, 0.15) is 21.6 Å². The molecule has 0 aliphatic carbocycles. The van der Waals surface area contributed by atoms with Gasteiger partial charge in [-0.05, 0) is 49.4 Å². The van der Waals surface area contributed by atoms with Gasteiger partial charge in [-0.3, -0.25) is 4.79 Å². The Morgan fingerprint density at radius 3 is 2.50 bits per heavy atom. The van der Waals surface area contributed by atoms with Gasteiger partial charge < -0.3 is 4.57 Å². The van der Waals surface area contributed by atoms with Crippen molar-refractivity contribution >= 4 is 34.4 Å². The van der Waals surface area contributed by atoms with Crippen LogP contribution in [0.2, 0.25) is 5.02 Å². The van der Waals surface area contributed by atoms with Gasteiger partial charge >= 0.3 is 0 Å². The molecule has 2 nitrogen and oxygen atoms in total. The van der Waals surface area contributed by atoms with E-state index < -0.39 is 0 Å². The molecule has 3 rings (SSSR count). The standard InChI is InChI=1S/C19H16ClNO/c1-13-16(17-5-3-4-6-18(17)21(13)2)11-12-19(22)14-7-9-15(20)10-8-14/h3-12H,1-2H3/b12-11+. The number of hydrogen-bond donors (Lipinski definition) is 0. The molecule has 3 aromatic rings. The minimum atomic E-state index is -0.0241. The molecule has 0 N–H and O–H groups in total. The van der Waals surface area contributed by atoms with Crippen molar-refractivity contribution in [3.63, 3.8) is 0 Å². The molecule has 3 heteroatoms. The Labute approximate surface area is 134 Å². The summed E-state index contributed by atoms with van der Waals surface area (Å²) in [6, 6.07) is 15.1. The van der Waals surface area contributed by atoms with Crippen molar-refractivity contribution in [2.75, 3.05) is 0 Å². The van der Waals surface area contributed by atoms with Crippen LogP contribution in [0.25, 0.3) is 17.0 Å². The number of rotatable bonds is 3. The van der Waals surface area contributed by atoms with Gasteiger partial charge in [-0.1, -0.05) is 29.8 Å². The van der Waals surface area contributed by atoms with E-state index in [-0.39, 0.29) is 5.78 Å². The van der Waals surface area contributed by atoms with Crippen molar-refractivity contribution in [2.45, 2.75) is 6.92 Å². The van der Waals surface area contributed by atoms with Gasteiger partial charge in [0.2, 0.25) is 0 Å². The SMILES string of the molecule is Cc1c(/C=C/C(=O)c2ccc(Cl)cc2)c2ccccc2n1C. The number of hydrogen-bond acceptors (Lipinski definition) is 1. The highest BCUT2D eigenvalue weighted by Crippen LogP contribution is 2.26. The number of halogens is 1. The van der Waals surface area contributed by atoms with E-state index >= 15 is 0 Å². The molecule has 0 spiro atoms. The Morgan fingerprint density at radius 2 is 1.77 bits per heavy atom. The van der Waals surface area contributed by atoms with Crippen LogP contribution in [-0.4, -0.2) is 10.4 Å². The van der Waals surface area contributed by atoms with Crippen molar-refractivity contribution in [3.05, 3.63) is 76.5 Å². The first kappa shape index (κ1) is 14.6. The maximum Gasteiger partial charge on any atom is 0.185 e. The number of aryl methyl sites for hydroxylation is 1. The number of nitrogens with zero attached hydrogens (tertiary/aromatic N) is 1. The minimum absolute atomic E-state index is 0.0241. The number of para-hydroxylation sites is 1. The fourth-order valence-electron chi connectivity index (χ4n) is 2.63. The van der Waals surface area contributed by atoms with E-state index in [1.807, 2.05) is 25.3 Å². The quantitative estimate of drug-likeness (QED) is 0.491. The third-order valence-electron chi connectivity index (χ3n) is 3.98. The summed E-state index contributed by atoms with van der Waals surface area (Å²) in [4.78, 5) is 12.2. The summed E-state index contributed by atoms with van der Waals surface area (Å²) in [6.45, 7) is 2.06. The second kappa shape index (κ2) is 5.82. The van der Waals surface area contributed by atoms with Crippen molar-refractivity contribution in [3.8, 4) is 0 Å². The molecule has 0 saturated carbocycles. The van der Waals surface area contributed by atoms with Crippen LogP contribution in [0.15, 0.2) is 54.6 Å². The van der Waals surface area contributed by atoms with Gasteiger partial charge in [0.15, 0.2) is 5.78 Å². The first-order valence-electron chi connectivity index (χ1n) is 7.10. The molecule has 0 radical (unpaired) electrons. The van der Waals surface area contributed by atoms with E-state index in [0.29, 0.717) is 10.6 Å². The molecule has 0 saturated heterocycles. The van der Waals surface area contributed by atoms with E-state index in [9.17, 15) is 4.79 Å². The molecule has 0 aliphatic heterocycles. The van der Waals surface area contributed by atoms with E-state index in [1.165, 1.54) is 5.52 Å². The lowest BCUT2D eigenvalue weighted by atomic mass is 10.1. The smallest absolute Gasteiger partial charge is 0.185 e. The lowest BCUT2D eigenvalue weighted by molar-refractivity contribution is 0.104. The minimum Gasteiger partial charge on any atom is -0.347 e. The summed E-state index contributed by atoms with van der Waals surface area (Å²) in [7, 11) is 2.04. The molecule has 0 aliphatic rings. The van der Waals surface area contributed by atoms with Gasteiger partial charge in [0.05, 0.1) is 0 Å². The second-order valence-corrected chi connectivity index (χ2v) is 5.72. The fraction of sp³-hybridized carbons (Fsp3) is 0.105. The summed E-state index contributed by atoms with van der Waals surface area (Å²) in [5, 5.41) is 1.79.